The number of thioether (sulfide) groups is 1. The summed E-state index contributed by atoms with van der Waals surface area (Å²) in [5.41, 5.74) is 2.19. The van der Waals surface area contributed by atoms with Crippen LogP contribution in [0.2, 0.25) is 0 Å². The maximum absolute atomic E-state index is 14.1. The van der Waals surface area contributed by atoms with Gasteiger partial charge in [-0.25, -0.2) is 23.1 Å². The van der Waals surface area contributed by atoms with E-state index < -0.39 is 39.6 Å². The second-order valence-electron chi connectivity index (χ2n) is 9.27. The molecule has 0 saturated carbocycles. The summed E-state index contributed by atoms with van der Waals surface area (Å²) in [7, 11) is 0. The van der Waals surface area contributed by atoms with Crippen LogP contribution in [0.4, 0.5) is 13.2 Å². The Morgan fingerprint density at radius 1 is 1.11 bits per heavy atom. The molecule has 0 fully saturated rings. The molecule has 37 heavy (non-hydrogen) atoms. The number of hydrogen-bond acceptors (Lipinski definition) is 7. The highest BCUT2D eigenvalue weighted by molar-refractivity contribution is 8.00. The van der Waals surface area contributed by atoms with E-state index in [1.165, 1.54) is 47.4 Å². The molecule has 2 aromatic carbocycles. The van der Waals surface area contributed by atoms with Gasteiger partial charge in [-0.2, -0.15) is 5.26 Å². The van der Waals surface area contributed by atoms with Crippen LogP contribution in [0, 0.1) is 28.8 Å². The van der Waals surface area contributed by atoms with Crippen molar-refractivity contribution < 1.29 is 17.7 Å². The Balaban J connectivity index is 1.94. The highest BCUT2D eigenvalue weighted by Crippen LogP contribution is 2.37. The summed E-state index contributed by atoms with van der Waals surface area (Å²) in [4.78, 5) is 9.35. The van der Waals surface area contributed by atoms with Crippen LogP contribution in [-0.2, 0) is 17.8 Å². The van der Waals surface area contributed by atoms with Crippen LogP contribution in [0.1, 0.15) is 43.6 Å². The number of nitrogens with zero attached hydrogens (tertiary/aromatic N) is 3. The summed E-state index contributed by atoms with van der Waals surface area (Å²) in [6.07, 6.45) is 1.96. The summed E-state index contributed by atoms with van der Waals surface area (Å²) in [5, 5.41) is 9.39. The van der Waals surface area contributed by atoms with Crippen molar-refractivity contribution in [2.24, 2.45) is 0 Å². The first-order valence-corrected chi connectivity index (χ1v) is 14.4. The van der Waals surface area contributed by atoms with E-state index in [2.05, 4.69) is 9.71 Å². The van der Waals surface area contributed by atoms with Crippen molar-refractivity contribution in [3.05, 3.63) is 76.7 Å². The lowest BCUT2D eigenvalue weighted by atomic mass is 9.95. The molecular weight excluding hydrogens is 538 g/mol. The second kappa shape index (κ2) is 11.0. The minimum atomic E-state index is -1.57. The third-order valence-corrected chi connectivity index (χ3v) is 9.05. The van der Waals surface area contributed by atoms with Crippen molar-refractivity contribution in [2.75, 3.05) is 6.26 Å². The zero-order valence-electron chi connectivity index (χ0n) is 20.4. The Morgan fingerprint density at radius 2 is 1.81 bits per heavy atom. The number of pyridine rings is 1. The third-order valence-electron chi connectivity index (χ3n) is 5.46. The minimum absolute atomic E-state index is 0.0633. The minimum Gasteiger partial charge on any atom is -0.598 e. The molecule has 0 amide bonds. The first kappa shape index (κ1) is 27.4. The van der Waals surface area contributed by atoms with Gasteiger partial charge in [-0.05, 0) is 74.9 Å². The summed E-state index contributed by atoms with van der Waals surface area (Å²) in [6.45, 7) is 5.41. The zero-order valence-corrected chi connectivity index (χ0v) is 22.9. The highest BCUT2D eigenvalue weighted by Gasteiger charge is 2.32. The molecular formula is C26H23F3N4OS3. The molecule has 2 heterocycles. The molecule has 0 saturated heterocycles. The van der Waals surface area contributed by atoms with Gasteiger partial charge in [-0.1, -0.05) is 17.8 Å². The normalized spacial score (nSPS) is 13.5. The van der Waals surface area contributed by atoms with Crippen LogP contribution in [0.3, 0.4) is 0 Å². The molecule has 1 unspecified atom stereocenters. The summed E-state index contributed by atoms with van der Waals surface area (Å²) in [5.74, 6) is -2.10. The molecule has 0 aliphatic heterocycles. The molecule has 11 heteroatoms. The zero-order chi connectivity index (χ0) is 26.9. The molecule has 0 bridgehead atoms. The lowest BCUT2D eigenvalue weighted by Gasteiger charge is -2.28. The van der Waals surface area contributed by atoms with Crippen LogP contribution in [0.15, 0.2) is 46.8 Å². The van der Waals surface area contributed by atoms with Crippen molar-refractivity contribution in [1.29, 1.82) is 5.26 Å². The number of benzene rings is 2. The number of nitrogens with one attached hydrogen (secondary N) is 1. The fraction of sp³-hybridized carbons (Fsp3) is 0.269. The molecule has 2 aromatic heterocycles. The van der Waals surface area contributed by atoms with Gasteiger partial charge in [-0.3, -0.25) is 0 Å². The van der Waals surface area contributed by atoms with Gasteiger partial charge >= 0.3 is 0 Å². The van der Waals surface area contributed by atoms with Crippen LogP contribution in [0.5, 0.6) is 0 Å². The average Bonchev–Trinajstić information content (AvgIpc) is 3.24. The van der Waals surface area contributed by atoms with E-state index in [1.54, 1.807) is 26.8 Å². The monoisotopic (exact) mass is 560 g/mol. The molecule has 4 aromatic rings. The Morgan fingerprint density at radius 3 is 2.43 bits per heavy atom. The quantitative estimate of drug-likeness (QED) is 0.200. The average molecular weight is 561 g/mol. The maximum Gasteiger partial charge on any atom is 0.171 e. The van der Waals surface area contributed by atoms with Gasteiger partial charge in [0.15, 0.2) is 9.99 Å². The van der Waals surface area contributed by atoms with Gasteiger partial charge in [0, 0.05) is 23.0 Å². The maximum atomic E-state index is 14.1. The standard InChI is InChI=1S/C26H23F3N4OS3/c1-26(2,3)37(34)33-21(9-14-7-17(27)11-18(28)8-14)23-19(15-5-6-20(29)16(10-15)13-30)12-22-24(31-23)32-25(35-4)36-22/h5-8,10-12,21,33H,9H2,1-4H3/t21-,37?/m1/s1. The van der Waals surface area contributed by atoms with E-state index in [0.717, 1.165) is 15.1 Å². The topological polar surface area (TPSA) is 84.7 Å². The smallest absolute Gasteiger partial charge is 0.171 e. The first-order valence-electron chi connectivity index (χ1n) is 11.2. The molecule has 0 aliphatic rings. The molecule has 0 radical (unpaired) electrons. The SMILES string of the molecule is CSc1nc2nc([C@@H](Cc3cc(F)cc(F)c3)N[S+]([O-])C(C)(C)C)c(-c3ccc(F)c(C#N)c3)cc2s1. The largest absolute Gasteiger partial charge is 0.598 e. The molecule has 0 aliphatic carbocycles. The lowest BCUT2D eigenvalue weighted by molar-refractivity contribution is 0.517. The fourth-order valence-electron chi connectivity index (χ4n) is 3.68. The number of nitriles is 1. The third kappa shape index (κ3) is 6.27. The lowest BCUT2D eigenvalue weighted by Crippen LogP contribution is -2.42. The van der Waals surface area contributed by atoms with Crippen molar-refractivity contribution in [3.8, 4) is 17.2 Å². The number of halogens is 3. The summed E-state index contributed by atoms with van der Waals surface area (Å²) < 4.78 is 59.4. The van der Waals surface area contributed by atoms with Gasteiger partial charge < -0.3 is 4.55 Å². The fourth-order valence-corrected chi connectivity index (χ4v) is 5.95. The first-order chi connectivity index (χ1) is 17.5. The predicted octanol–water partition coefficient (Wildman–Crippen LogP) is 6.70. The van der Waals surface area contributed by atoms with Crippen LogP contribution in [0.25, 0.3) is 21.5 Å². The highest BCUT2D eigenvalue weighted by atomic mass is 32.2. The van der Waals surface area contributed by atoms with Crippen LogP contribution < -0.4 is 4.72 Å². The Kier molecular flexibility index (Phi) is 8.16. The van der Waals surface area contributed by atoms with Crippen molar-refractivity contribution in [3.63, 3.8) is 0 Å². The molecule has 5 nitrogen and oxygen atoms in total. The van der Waals surface area contributed by atoms with Crippen molar-refractivity contribution in [1.82, 2.24) is 14.7 Å². The number of hydrogen-bond donors (Lipinski definition) is 1. The van der Waals surface area contributed by atoms with Crippen LogP contribution >= 0.6 is 23.1 Å². The van der Waals surface area contributed by atoms with E-state index in [9.17, 15) is 23.0 Å². The van der Waals surface area contributed by atoms with Gasteiger partial charge in [0.1, 0.15) is 28.3 Å². The molecule has 192 valence electrons. The van der Waals surface area contributed by atoms with Gasteiger partial charge in [-0.15, -0.1) is 16.1 Å². The van der Waals surface area contributed by atoms with Crippen molar-refractivity contribution in [2.45, 2.75) is 42.3 Å². The predicted molar refractivity (Wildman–Crippen MR) is 143 cm³/mol. The molecule has 4 rings (SSSR count). The number of thiazole rings is 1. The van der Waals surface area contributed by atoms with E-state index in [1.807, 2.05) is 18.4 Å². The van der Waals surface area contributed by atoms with E-state index in [4.69, 9.17) is 4.98 Å². The summed E-state index contributed by atoms with van der Waals surface area (Å²) >= 11 is 1.33. The number of rotatable bonds is 7. The summed E-state index contributed by atoms with van der Waals surface area (Å²) in [6, 6.07) is 10.4. The van der Waals surface area contributed by atoms with Crippen LogP contribution in [-0.4, -0.2) is 25.5 Å². The second-order valence-corrected chi connectivity index (χ2v) is 13.3. The van der Waals surface area contributed by atoms with E-state index in [0.29, 0.717) is 28.0 Å². The Hall–Kier alpha value is -2.62. The van der Waals surface area contributed by atoms with Gasteiger partial charge in [0.2, 0.25) is 0 Å². The Bertz CT molecular complexity index is 1480. The van der Waals surface area contributed by atoms with E-state index >= 15 is 0 Å². The van der Waals surface area contributed by atoms with Crippen molar-refractivity contribution >= 4 is 44.8 Å². The van der Waals surface area contributed by atoms with Gasteiger partial charge in [0.05, 0.1) is 22.0 Å². The number of fused-ring (bicyclic) bond motifs is 1. The number of aromatic nitrogens is 2. The van der Waals surface area contributed by atoms with Gasteiger partial charge in [0.25, 0.3) is 0 Å². The molecule has 2 atom stereocenters. The van der Waals surface area contributed by atoms with E-state index in [-0.39, 0.29) is 12.0 Å². The molecule has 0 spiro atoms. The molecule has 1 N–H and O–H groups in total. The Labute approximate surface area is 224 Å².